The highest BCUT2D eigenvalue weighted by Gasteiger charge is 2.22. The van der Waals surface area contributed by atoms with Crippen LogP contribution >= 0.6 is 15.9 Å². The van der Waals surface area contributed by atoms with E-state index in [1.807, 2.05) is 6.07 Å². The molecular formula is C14H18BrNO. The summed E-state index contributed by atoms with van der Waals surface area (Å²) in [4.78, 5) is 13.7. The Morgan fingerprint density at radius 3 is 2.71 bits per heavy atom. The lowest BCUT2D eigenvalue weighted by atomic mass is 9.93. The molecule has 1 aliphatic heterocycles. The van der Waals surface area contributed by atoms with Crippen LogP contribution in [0.15, 0.2) is 28.7 Å². The van der Waals surface area contributed by atoms with Crippen LogP contribution in [0, 0.1) is 5.92 Å². The van der Waals surface area contributed by atoms with Gasteiger partial charge >= 0.3 is 0 Å². The number of benzene rings is 1. The Kier molecular flexibility index (Phi) is 4.35. The topological polar surface area (TPSA) is 20.3 Å². The molecule has 0 amide bonds. The molecule has 0 N–H and O–H groups in total. The molecule has 3 heteroatoms. The van der Waals surface area contributed by atoms with E-state index < -0.39 is 0 Å². The van der Waals surface area contributed by atoms with Crippen molar-refractivity contribution < 1.29 is 4.79 Å². The Balaban J connectivity index is 1.88. The number of halogens is 1. The number of hydrogen-bond acceptors (Lipinski definition) is 2. The molecule has 17 heavy (non-hydrogen) atoms. The number of hydrogen-bond donors (Lipinski definition) is 0. The molecule has 1 aromatic carbocycles. The second kappa shape index (κ2) is 5.78. The quantitative estimate of drug-likeness (QED) is 0.853. The summed E-state index contributed by atoms with van der Waals surface area (Å²) < 4.78 is 1.13. The molecule has 0 aromatic heterocycles. The van der Waals surface area contributed by atoms with Gasteiger partial charge in [-0.3, -0.25) is 9.69 Å². The van der Waals surface area contributed by atoms with Crippen molar-refractivity contribution >= 4 is 21.7 Å². The zero-order valence-corrected chi connectivity index (χ0v) is 11.7. The van der Waals surface area contributed by atoms with Crippen LogP contribution in [0.4, 0.5) is 0 Å². The molecule has 0 aliphatic carbocycles. The molecule has 1 aromatic rings. The summed E-state index contributed by atoms with van der Waals surface area (Å²) >= 11 is 3.49. The number of piperidine rings is 1. The zero-order valence-electron chi connectivity index (χ0n) is 10.2. The highest BCUT2D eigenvalue weighted by Crippen LogP contribution is 2.20. The number of carbonyl (C=O) groups excluding carboxylic acids is 1. The van der Waals surface area contributed by atoms with Gasteiger partial charge in [0.1, 0.15) is 5.78 Å². The van der Waals surface area contributed by atoms with Gasteiger partial charge in [-0.1, -0.05) is 28.1 Å². The maximum absolute atomic E-state index is 11.3. The maximum Gasteiger partial charge on any atom is 0.133 e. The highest BCUT2D eigenvalue weighted by atomic mass is 79.9. The van der Waals surface area contributed by atoms with Crippen molar-refractivity contribution in [2.24, 2.45) is 5.92 Å². The van der Waals surface area contributed by atoms with Crippen LogP contribution in [0.3, 0.4) is 0 Å². The van der Waals surface area contributed by atoms with Gasteiger partial charge in [-0.05, 0) is 50.6 Å². The normalized spacial score (nSPS) is 18.2. The smallest absolute Gasteiger partial charge is 0.133 e. The summed E-state index contributed by atoms with van der Waals surface area (Å²) in [6.07, 6.45) is 2.03. The fourth-order valence-corrected chi connectivity index (χ4v) is 2.84. The Morgan fingerprint density at radius 2 is 2.12 bits per heavy atom. The van der Waals surface area contributed by atoms with Crippen LogP contribution in [0.25, 0.3) is 0 Å². The Morgan fingerprint density at radius 1 is 1.41 bits per heavy atom. The lowest BCUT2D eigenvalue weighted by Crippen LogP contribution is -2.35. The number of ketones is 1. The lowest BCUT2D eigenvalue weighted by Gasteiger charge is -2.30. The molecule has 0 atom stereocenters. The van der Waals surface area contributed by atoms with Crippen molar-refractivity contribution in [3.63, 3.8) is 0 Å². The van der Waals surface area contributed by atoms with Crippen molar-refractivity contribution in [1.29, 1.82) is 0 Å². The van der Waals surface area contributed by atoms with Crippen LogP contribution in [0.5, 0.6) is 0 Å². The minimum atomic E-state index is 0.300. The first kappa shape index (κ1) is 12.8. The van der Waals surface area contributed by atoms with Crippen molar-refractivity contribution in [2.45, 2.75) is 26.3 Å². The summed E-state index contributed by atoms with van der Waals surface area (Å²) in [6, 6.07) is 8.44. The van der Waals surface area contributed by atoms with E-state index in [1.54, 1.807) is 6.92 Å². The van der Waals surface area contributed by atoms with Crippen molar-refractivity contribution in [3.05, 3.63) is 34.3 Å². The first-order valence-corrected chi connectivity index (χ1v) is 6.91. The molecule has 2 nitrogen and oxygen atoms in total. The summed E-state index contributed by atoms with van der Waals surface area (Å²) in [5, 5.41) is 0. The second-order valence-corrected chi connectivity index (χ2v) is 5.71. The maximum atomic E-state index is 11.3. The first-order chi connectivity index (χ1) is 8.15. The molecule has 0 unspecified atom stereocenters. The van der Waals surface area contributed by atoms with E-state index in [0.29, 0.717) is 11.7 Å². The third kappa shape index (κ3) is 3.65. The molecule has 1 heterocycles. The molecule has 0 spiro atoms. The molecule has 1 aliphatic rings. The van der Waals surface area contributed by atoms with Crippen LogP contribution in [-0.4, -0.2) is 23.8 Å². The molecular weight excluding hydrogens is 278 g/mol. The predicted molar refractivity (Wildman–Crippen MR) is 72.8 cm³/mol. The minimum Gasteiger partial charge on any atom is -0.300 e. The molecule has 0 bridgehead atoms. The second-order valence-electron chi connectivity index (χ2n) is 4.79. The van der Waals surface area contributed by atoms with Gasteiger partial charge < -0.3 is 0 Å². The summed E-state index contributed by atoms with van der Waals surface area (Å²) in [5.74, 6) is 0.654. The van der Waals surface area contributed by atoms with Gasteiger partial charge in [0.2, 0.25) is 0 Å². The number of rotatable bonds is 3. The van der Waals surface area contributed by atoms with Gasteiger partial charge in [0, 0.05) is 16.9 Å². The van der Waals surface area contributed by atoms with Gasteiger partial charge in [-0.15, -0.1) is 0 Å². The van der Waals surface area contributed by atoms with E-state index in [9.17, 15) is 4.79 Å². The van der Waals surface area contributed by atoms with Crippen molar-refractivity contribution in [2.75, 3.05) is 13.1 Å². The Labute approximate surface area is 111 Å². The van der Waals surface area contributed by atoms with E-state index in [4.69, 9.17) is 0 Å². The predicted octanol–water partition coefficient (Wildman–Crippen LogP) is 3.25. The summed E-state index contributed by atoms with van der Waals surface area (Å²) in [5.41, 5.74) is 1.33. The molecule has 92 valence electrons. The average Bonchev–Trinajstić information content (AvgIpc) is 2.29. The van der Waals surface area contributed by atoms with E-state index in [-0.39, 0.29) is 0 Å². The van der Waals surface area contributed by atoms with Gasteiger partial charge in [0.05, 0.1) is 0 Å². The summed E-state index contributed by atoms with van der Waals surface area (Å²) in [6.45, 7) is 4.78. The number of nitrogens with zero attached hydrogens (tertiary/aromatic N) is 1. The third-order valence-electron chi connectivity index (χ3n) is 3.46. The zero-order chi connectivity index (χ0) is 12.3. The highest BCUT2D eigenvalue weighted by molar-refractivity contribution is 9.10. The Bertz CT molecular complexity index is 397. The number of likely N-dealkylation sites (tertiary alicyclic amines) is 1. The molecule has 1 fully saturated rings. The van der Waals surface area contributed by atoms with Gasteiger partial charge in [0.25, 0.3) is 0 Å². The van der Waals surface area contributed by atoms with Gasteiger partial charge in [-0.2, -0.15) is 0 Å². The molecule has 0 saturated carbocycles. The summed E-state index contributed by atoms with van der Waals surface area (Å²) in [7, 11) is 0. The number of Topliss-reactive ketones (excluding diaryl/α,β-unsaturated/α-hetero) is 1. The molecule has 1 saturated heterocycles. The molecule has 0 radical (unpaired) electrons. The van der Waals surface area contributed by atoms with Gasteiger partial charge in [0.15, 0.2) is 0 Å². The minimum absolute atomic E-state index is 0.300. The first-order valence-electron chi connectivity index (χ1n) is 6.12. The average molecular weight is 296 g/mol. The van der Waals surface area contributed by atoms with E-state index in [2.05, 4.69) is 39.0 Å². The van der Waals surface area contributed by atoms with Crippen LogP contribution in [-0.2, 0) is 11.3 Å². The largest absolute Gasteiger partial charge is 0.300 e. The fraction of sp³-hybridized carbons (Fsp3) is 0.500. The monoisotopic (exact) mass is 295 g/mol. The van der Waals surface area contributed by atoms with E-state index >= 15 is 0 Å². The number of carbonyl (C=O) groups is 1. The Hall–Kier alpha value is -0.670. The fourth-order valence-electron chi connectivity index (χ4n) is 2.39. The van der Waals surface area contributed by atoms with E-state index in [0.717, 1.165) is 36.9 Å². The van der Waals surface area contributed by atoms with Crippen LogP contribution in [0.1, 0.15) is 25.3 Å². The molecule has 2 rings (SSSR count). The third-order valence-corrected chi connectivity index (χ3v) is 3.95. The van der Waals surface area contributed by atoms with Crippen molar-refractivity contribution in [3.8, 4) is 0 Å². The van der Waals surface area contributed by atoms with Crippen molar-refractivity contribution in [1.82, 2.24) is 4.90 Å². The lowest BCUT2D eigenvalue weighted by molar-refractivity contribution is -0.122. The van der Waals surface area contributed by atoms with E-state index in [1.165, 1.54) is 5.56 Å². The van der Waals surface area contributed by atoms with Gasteiger partial charge in [-0.25, -0.2) is 0 Å². The van der Waals surface area contributed by atoms with Crippen LogP contribution in [0.2, 0.25) is 0 Å². The standard InChI is InChI=1S/C14H18BrNO/c1-11(17)13-5-7-16(8-6-13)10-12-3-2-4-14(15)9-12/h2-4,9,13H,5-8,10H2,1H3. The van der Waals surface area contributed by atoms with Crippen LogP contribution < -0.4 is 0 Å². The SMILES string of the molecule is CC(=O)C1CCN(Cc2cccc(Br)c2)CC1.